The third-order valence-electron chi connectivity index (χ3n) is 10.8. The Kier molecular flexibility index (Phi) is 9.44. The summed E-state index contributed by atoms with van der Waals surface area (Å²) in [5, 5.41) is 46.1. The van der Waals surface area contributed by atoms with Crippen LogP contribution in [0.1, 0.15) is 78.6 Å². The molecule has 0 aliphatic heterocycles. The number of hydrogen-bond acceptors (Lipinski definition) is 6. The van der Waals surface area contributed by atoms with Gasteiger partial charge in [-0.2, -0.15) is 0 Å². The molecule has 0 saturated heterocycles. The maximum absolute atomic E-state index is 12.0. The van der Waals surface area contributed by atoms with E-state index in [0.29, 0.717) is 18.8 Å². The van der Waals surface area contributed by atoms with E-state index in [0.717, 1.165) is 38.5 Å². The van der Waals surface area contributed by atoms with Crippen LogP contribution >= 0.6 is 0 Å². The minimum absolute atomic E-state index is 0. The number of amides is 1. The van der Waals surface area contributed by atoms with Crippen molar-refractivity contribution in [1.29, 1.82) is 0 Å². The molecule has 4 fully saturated rings. The molecular formula is C26H42KNO6. The van der Waals surface area contributed by atoms with E-state index in [9.17, 15) is 30.0 Å². The first-order chi connectivity index (χ1) is 15.5. The number of carbonyl (C=O) groups excluding carboxylic acids is 2. The van der Waals surface area contributed by atoms with Crippen LogP contribution in [0.15, 0.2) is 0 Å². The van der Waals surface area contributed by atoms with E-state index in [-0.39, 0.29) is 116 Å². The number of aliphatic hydroxyl groups is 3. The second kappa shape index (κ2) is 11.1. The number of carboxylic acid groups (broad SMARTS) is 1. The summed E-state index contributed by atoms with van der Waals surface area (Å²) in [4.78, 5) is 22.6. The molecule has 5 unspecified atom stereocenters. The molecule has 11 atom stereocenters. The zero-order valence-electron chi connectivity index (χ0n) is 21.3. The quantitative estimate of drug-likeness (QED) is 0.318. The fourth-order valence-corrected chi connectivity index (χ4v) is 8.95. The fourth-order valence-electron chi connectivity index (χ4n) is 8.95. The maximum atomic E-state index is 12.0. The molecule has 1 amide bonds. The van der Waals surface area contributed by atoms with Crippen LogP contribution < -0.4 is 61.8 Å². The number of aliphatic hydroxyl groups excluding tert-OH is 3. The van der Waals surface area contributed by atoms with Crippen LogP contribution in [-0.2, 0) is 9.59 Å². The minimum Gasteiger partial charge on any atom is -0.548 e. The molecule has 0 aromatic carbocycles. The number of carboxylic acids is 1. The normalized spacial score (nSPS) is 46.3. The van der Waals surface area contributed by atoms with Crippen molar-refractivity contribution >= 4 is 11.9 Å². The Morgan fingerprint density at radius 1 is 1.06 bits per heavy atom. The Morgan fingerprint density at radius 3 is 2.44 bits per heavy atom. The van der Waals surface area contributed by atoms with Crippen LogP contribution in [0.25, 0.3) is 0 Å². The molecular weight excluding hydrogens is 461 g/mol. The van der Waals surface area contributed by atoms with Crippen LogP contribution in [0.3, 0.4) is 0 Å². The Bertz CT molecular complexity index is 766. The average Bonchev–Trinajstić information content (AvgIpc) is 3.11. The monoisotopic (exact) mass is 503 g/mol. The number of nitrogens with one attached hydrogen (secondary N) is 1. The standard InChI is InChI=1S/C26H43NO6.K/c1-14(4-7-22(31)27-13-23(32)33)17-5-6-18-24-19(12-21(30)26(17,18)3)25(2)9-8-16(28)10-15(25)11-20(24)29;/h14-21,24,28-30H,4-13H2,1-3H3,(H,27,31)(H,32,33);/q;+1/p-1/t14?,15?,16-,17-,18?,19?,20-,21+,24?,25+,26-;/m1./s1. The smallest absolute Gasteiger partial charge is 0.548 e. The third kappa shape index (κ3) is 5.09. The Hall–Kier alpha value is 0.456. The molecule has 7 nitrogen and oxygen atoms in total. The van der Waals surface area contributed by atoms with Crippen LogP contribution in [0.4, 0.5) is 0 Å². The topological polar surface area (TPSA) is 130 Å². The van der Waals surface area contributed by atoms with Gasteiger partial charge in [0.1, 0.15) is 0 Å². The summed E-state index contributed by atoms with van der Waals surface area (Å²) in [5.41, 5.74) is -0.230. The molecule has 4 saturated carbocycles. The number of hydrogen-bond donors (Lipinski definition) is 4. The molecule has 8 heteroatoms. The third-order valence-corrected chi connectivity index (χ3v) is 10.8. The molecule has 0 aromatic rings. The molecule has 0 radical (unpaired) electrons. The minimum atomic E-state index is -1.29. The largest absolute Gasteiger partial charge is 1.00 e. The molecule has 0 spiro atoms. The zero-order chi connectivity index (χ0) is 24.1. The zero-order valence-corrected chi connectivity index (χ0v) is 24.5. The number of aliphatic carboxylic acids is 1. The van der Waals surface area contributed by atoms with Crippen molar-refractivity contribution in [3.8, 4) is 0 Å². The van der Waals surface area contributed by atoms with E-state index in [2.05, 4.69) is 26.1 Å². The fraction of sp³-hybridized carbons (Fsp3) is 0.923. The van der Waals surface area contributed by atoms with Gasteiger partial charge in [0.25, 0.3) is 0 Å². The maximum Gasteiger partial charge on any atom is 1.00 e. The SMILES string of the molecule is CC(CCC(=O)NCC(=O)[O-])[C@H]1CCC2C3C(C[C@H](O)[C@@]21C)[C@@]1(C)CC[C@@H](O)CC1C[C@H]3O.[K+]. The molecule has 34 heavy (non-hydrogen) atoms. The number of rotatable bonds is 6. The Balaban J connectivity index is 0.00000324. The van der Waals surface area contributed by atoms with Gasteiger partial charge in [0.2, 0.25) is 5.91 Å². The molecule has 4 aliphatic carbocycles. The van der Waals surface area contributed by atoms with Gasteiger partial charge in [0.05, 0.1) is 30.8 Å². The van der Waals surface area contributed by atoms with Gasteiger partial charge in [-0.05, 0) is 97.7 Å². The molecule has 4 rings (SSSR count). The van der Waals surface area contributed by atoms with Crippen LogP contribution in [-0.4, -0.2) is 52.1 Å². The van der Waals surface area contributed by atoms with Crippen LogP contribution in [0.2, 0.25) is 0 Å². The van der Waals surface area contributed by atoms with Crippen LogP contribution in [0.5, 0.6) is 0 Å². The summed E-state index contributed by atoms with van der Waals surface area (Å²) in [5.74, 6) is -0.0789. The predicted octanol–water partition coefficient (Wildman–Crippen LogP) is -1.77. The van der Waals surface area contributed by atoms with E-state index >= 15 is 0 Å². The second-order valence-corrected chi connectivity index (χ2v) is 12.2. The van der Waals surface area contributed by atoms with Crippen molar-refractivity contribution in [3.05, 3.63) is 0 Å². The number of carbonyl (C=O) groups is 2. The van der Waals surface area contributed by atoms with Gasteiger partial charge < -0.3 is 30.5 Å². The van der Waals surface area contributed by atoms with Gasteiger partial charge in [0.15, 0.2) is 0 Å². The molecule has 4 aliphatic rings. The van der Waals surface area contributed by atoms with Gasteiger partial charge in [-0.25, -0.2) is 0 Å². The molecule has 4 N–H and O–H groups in total. The summed E-state index contributed by atoms with van der Waals surface area (Å²) in [6.45, 7) is 6.21. The van der Waals surface area contributed by atoms with Gasteiger partial charge in [-0.3, -0.25) is 4.79 Å². The van der Waals surface area contributed by atoms with E-state index in [1.54, 1.807) is 0 Å². The van der Waals surface area contributed by atoms with Crippen molar-refractivity contribution in [3.63, 3.8) is 0 Å². The van der Waals surface area contributed by atoms with Crippen molar-refractivity contribution in [2.45, 2.75) is 96.9 Å². The van der Waals surface area contributed by atoms with Gasteiger partial charge in [0, 0.05) is 6.42 Å². The van der Waals surface area contributed by atoms with Crippen LogP contribution in [0, 0.1) is 46.3 Å². The Morgan fingerprint density at radius 2 is 1.76 bits per heavy atom. The average molecular weight is 504 g/mol. The van der Waals surface area contributed by atoms with Gasteiger partial charge >= 0.3 is 51.4 Å². The van der Waals surface area contributed by atoms with Gasteiger partial charge in [-0.1, -0.05) is 20.8 Å². The molecule has 0 aromatic heterocycles. The van der Waals surface area contributed by atoms with Crippen molar-refractivity contribution < 1.29 is 81.4 Å². The number of fused-ring (bicyclic) bond motifs is 5. The Labute approximate surface area is 246 Å². The van der Waals surface area contributed by atoms with Crippen molar-refractivity contribution in [2.24, 2.45) is 46.3 Å². The van der Waals surface area contributed by atoms with Crippen molar-refractivity contribution in [1.82, 2.24) is 5.32 Å². The first-order valence-corrected chi connectivity index (χ1v) is 13.0. The van der Waals surface area contributed by atoms with E-state index in [1.165, 1.54) is 0 Å². The van der Waals surface area contributed by atoms with E-state index in [1.807, 2.05) is 0 Å². The first-order valence-electron chi connectivity index (χ1n) is 13.0. The second-order valence-electron chi connectivity index (χ2n) is 12.2. The van der Waals surface area contributed by atoms with E-state index in [4.69, 9.17) is 0 Å². The first kappa shape index (κ1) is 29.0. The molecule has 0 bridgehead atoms. The predicted molar refractivity (Wildman–Crippen MR) is 120 cm³/mol. The van der Waals surface area contributed by atoms with E-state index < -0.39 is 18.6 Å². The summed E-state index contributed by atoms with van der Waals surface area (Å²) < 4.78 is 0. The van der Waals surface area contributed by atoms with Gasteiger partial charge in [-0.15, -0.1) is 0 Å². The summed E-state index contributed by atoms with van der Waals surface area (Å²) >= 11 is 0. The summed E-state index contributed by atoms with van der Waals surface area (Å²) in [6.07, 6.45) is 5.75. The molecule has 188 valence electrons. The van der Waals surface area contributed by atoms with Crippen molar-refractivity contribution in [2.75, 3.05) is 6.54 Å². The summed E-state index contributed by atoms with van der Waals surface area (Å²) in [6, 6.07) is 0. The summed E-state index contributed by atoms with van der Waals surface area (Å²) in [7, 11) is 0. The molecule has 0 heterocycles.